The zero-order valence-electron chi connectivity index (χ0n) is 12.7. The van der Waals surface area contributed by atoms with Gasteiger partial charge in [-0.3, -0.25) is 19.9 Å². The molecule has 2 rings (SSSR count). The summed E-state index contributed by atoms with van der Waals surface area (Å²) in [6, 6.07) is 5.21. The largest absolute Gasteiger partial charge is 0.395 e. The van der Waals surface area contributed by atoms with Crippen molar-refractivity contribution in [2.45, 2.75) is 25.9 Å². The second kappa shape index (κ2) is 7.87. The molecular formula is C15H22ClN3O3. The molecule has 1 aromatic carbocycles. The number of hydrogen-bond donors (Lipinski definition) is 1. The fourth-order valence-corrected chi connectivity index (χ4v) is 3.03. The number of aliphatic hydroxyl groups excluding tert-OH is 1. The van der Waals surface area contributed by atoms with Gasteiger partial charge in [-0.05, 0) is 18.1 Å². The van der Waals surface area contributed by atoms with Crippen LogP contribution in [0, 0.1) is 10.1 Å². The van der Waals surface area contributed by atoms with E-state index in [1.54, 1.807) is 12.1 Å². The molecule has 1 unspecified atom stereocenters. The fraction of sp³-hybridized carbons (Fsp3) is 0.600. The maximum atomic E-state index is 10.9. The molecule has 0 radical (unpaired) electrons. The highest BCUT2D eigenvalue weighted by Gasteiger charge is 2.22. The van der Waals surface area contributed by atoms with Crippen molar-refractivity contribution >= 4 is 17.3 Å². The van der Waals surface area contributed by atoms with Gasteiger partial charge in [-0.25, -0.2) is 0 Å². The summed E-state index contributed by atoms with van der Waals surface area (Å²) in [6.45, 7) is 6.57. The normalized spacial score (nSPS) is 18.3. The highest BCUT2D eigenvalue weighted by Crippen LogP contribution is 2.25. The van der Waals surface area contributed by atoms with E-state index in [0.717, 1.165) is 38.2 Å². The average Bonchev–Trinajstić information content (AvgIpc) is 2.52. The zero-order chi connectivity index (χ0) is 16.1. The number of aliphatic hydroxyl groups is 1. The van der Waals surface area contributed by atoms with E-state index >= 15 is 0 Å². The molecule has 22 heavy (non-hydrogen) atoms. The molecule has 1 aliphatic heterocycles. The van der Waals surface area contributed by atoms with Gasteiger partial charge in [-0.1, -0.05) is 24.6 Å². The number of nitro benzene ring substituents is 1. The Labute approximate surface area is 135 Å². The van der Waals surface area contributed by atoms with E-state index in [9.17, 15) is 15.2 Å². The molecule has 1 saturated heterocycles. The number of piperazine rings is 1. The van der Waals surface area contributed by atoms with Crippen LogP contribution in [0.2, 0.25) is 5.02 Å². The lowest BCUT2D eigenvalue weighted by Crippen LogP contribution is -2.50. The molecule has 0 amide bonds. The maximum absolute atomic E-state index is 10.9. The van der Waals surface area contributed by atoms with Gasteiger partial charge in [0, 0.05) is 44.8 Å². The van der Waals surface area contributed by atoms with Gasteiger partial charge in [0.2, 0.25) is 0 Å². The third kappa shape index (κ3) is 4.16. The quantitative estimate of drug-likeness (QED) is 0.640. The van der Waals surface area contributed by atoms with E-state index in [-0.39, 0.29) is 23.4 Å². The lowest BCUT2D eigenvalue weighted by molar-refractivity contribution is -0.384. The number of nitro groups is 1. The van der Waals surface area contributed by atoms with Crippen LogP contribution in [0.4, 0.5) is 5.69 Å². The Morgan fingerprint density at radius 1 is 1.36 bits per heavy atom. The molecule has 1 N–H and O–H groups in total. The van der Waals surface area contributed by atoms with Crippen molar-refractivity contribution in [3.05, 3.63) is 38.9 Å². The molecular weight excluding hydrogens is 306 g/mol. The van der Waals surface area contributed by atoms with Gasteiger partial charge in [0.25, 0.3) is 5.69 Å². The topological polar surface area (TPSA) is 69.8 Å². The lowest BCUT2D eigenvalue weighted by Gasteiger charge is -2.38. The van der Waals surface area contributed by atoms with Gasteiger partial charge in [-0.2, -0.15) is 0 Å². The van der Waals surface area contributed by atoms with Crippen LogP contribution in [0.25, 0.3) is 0 Å². The van der Waals surface area contributed by atoms with Crippen molar-refractivity contribution in [1.82, 2.24) is 9.80 Å². The summed E-state index contributed by atoms with van der Waals surface area (Å²) in [4.78, 5) is 15.1. The van der Waals surface area contributed by atoms with E-state index in [2.05, 4.69) is 16.7 Å². The van der Waals surface area contributed by atoms with Crippen molar-refractivity contribution in [2.75, 3.05) is 32.8 Å². The molecule has 1 atom stereocenters. The van der Waals surface area contributed by atoms with Crippen molar-refractivity contribution in [3.8, 4) is 0 Å². The summed E-state index contributed by atoms with van der Waals surface area (Å²) < 4.78 is 0. The highest BCUT2D eigenvalue weighted by molar-refractivity contribution is 6.32. The Bertz CT molecular complexity index is 515. The molecule has 0 bridgehead atoms. The summed E-state index contributed by atoms with van der Waals surface area (Å²) in [5.74, 6) is 0. The predicted octanol–water partition coefficient (Wildman–Crippen LogP) is 2.14. The number of hydrogen-bond acceptors (Lipinski definition) is 5. The smallest absolute Gasteiger partial charge is 0.288 e. The van der Waals surface area contributed by atoms with Crippen molar-refractivity contribution in [1.29, 1.82) is 0 Å². The number of nitrogens with zero attached hydrogens (tertiary/aromatic N) is 3. The molecule has 1 heterocycles. The Balaban J connectivity index is 1.94. The molecule has 0 aromatic heterocycles. The summed E-state index contributed by atoms with van der Waals surface area (Å²) in [7, 11) is 0. The molecule has 1 aliphatic rings. The predicted molar refractivity (Wildman–Crippen MR) is 86.1 cm³/mol. The van der Waals surface area contributed by atoms with Crippen LogP contribution in [0.15, 0.2) is 18.2 Å². The maximum Gasteiger partial charge on any atom is 0.288 e. The number of benzene rings is 1. The third-order valence-corrected chi connectivity index (χ3v) is 4.54. The van der Waals surface area contributed by atoms with Crippen LogP contribution in [0.3, 0.4) is 0 Å². The van der Waals surface area contributed by atoms with Gasteiger partial charge < -0.3 is 5.11 Å². The molecule has 7 heteroatoms. The van der Waals surface area contributed by atoms with Gasteiger partial charge in [0.1, 0.15) is 5.02 Å². The summed E-state index contributed by atoms with van der Waals surface area (Å²) in [6.07, 6.45) is 0.944. The van der Waals surface area contributed by atoms with E-state index in [1.165, 1.54) is 0 Å². The first-order chi connectivity index (χ1) is 10.5. The van der Waals surface area contributed by atoms with Gasteiger partial charge in [-0.15, -0.1) is 0 Å². The minimum atomic E-state index is -0.448. The summed E-state index contributed by atoms with van der Waals surface area (Å²) >= 11 is 5.83. The van der Waals surface area contributed by atoms with Crippen LogP contribution < -0.4 is 0 Å². The first-order valence-electron chi connectivity index (χ1n) is 7.55. The van der Waals surface area contributed by atoms with Crippen molar-refractivity contribution in [3.63, 3.8) is 0 Å². The number of halogens is 1. The monoisotopic (exact) mass is 327 g/mol. The standard InChI is InChI=1S/C15H22ClN3O3/c1-2-13(11-20)18-7-5-17(6-8-18)10-12-3-4-14(16)15(9-12)19(21)22/h3-4,9,13,20H,2,5-8,10-11H2,1H3. The SMILES string of the molecule is CCC(CO)N1CCN(Cc2ccc(Cl)c([N+](=O)[O-])c2)CC1. The van der Waals surface area contributed by atoms with E-state index in [0.29, 0.717) is 6.54 Å². The first-order valence-corrected chi connectivity index (χ1v) is 7.93. The third-order valence-electron chi connectivity index (χ3n) is 4.22. The number of rotatable bonds is 6. The van der Waals surface area contributed by atoms with Crippen LogP contribution in [0.5, 0.6) is 0 Å². The molecule has 0 aliphatic carbocycles. The lowest BCUT2D eigenvalue weighted by atomic mass is 10.1. The Kier molecular flexibility index (Phi) is 6.14. The van der Waals surface area contributed by atoms with Gasteiger partial charge in [0.05, 0.1) is 11.5 Å². The van der Waals surface area contributed by atoms with Gasteiger partial charge in [0.15, 0.2) is 0 Å². The van der Waals surface area contributed by atoms with Crippen LogP contribution in [-0.2, 0) is 6.54 Å². The van der Waals surface area contributed by atoms with E-state index < -0.39 is 4.92 Å². The summed E-state index contributed by atoms with van der Waals surface area (Å²) in [5, 5.41) is 20.5. The molecule has 6 nitrogen and oxygen atoms in total. The molecule has 0 spiro atoms. The van der Waals surface area contributed by atoms with Gasteiger partial charge >= 0.3 is 0 Å². The Morgan fingerprint density at radius 2 is 2.05 bits per heavy atom. The zero-order valence-corrected chi connectivity index (χ0v) is 13.5. The molecule has 1 aromatic rings. The van der Waals surface area contributed by atoms with Crippen LogP contribution in [-0.4, -0.2) is 58.7 Å². The van der Waals surface area contributed by atoms with Crippen LogP contribution >= 0.6 is 11.6 Å². The Hall–Kier alpha value is -1.21. The second-order valence-electron chi connectivity index (χ2n) is 5.60. The fourth-order valence-electron chi connectivity index (χ4n) is 2.84. The van der Waals surface area contributed by atoms with E-state index in [4.69, 9.17) is 11.6 Å². The molecule has 0 saturated carbocycles. The molecule has 122 valence electrons. The minimum Gasteiger partial charge on any atom is -0.395 e. The highest BCUT2D eigenvalue weighted by atomic mass is 35.5. The first kappa shape index (κ1) is 17.1. The van der Waals surface area contributed by atoms with Crippen molar-refractivity contribution in [2.24, 2.45) is 0 Å². The second-order valence-corrected chi connectivity index (χ2v) is 6.01. The van der Waals surface area contributed by atoms with Crippen LogP contribution in [0.1, 0.15) is 18.9 Å². The van der Waals surface area contributed by atoms with Crippen molar-refractivity contribution < 1.29 is 10.0 Å². The molecule has 1 fully saturated rings. The Morgan fingerprint density at radius 3 is 2.59 bits per heavy atom. The van der Waals surface area contributed by atoms with E-state index in [1.807, 2.05) is 6.07 Å². The minimum absolute atomic E-state index is 0.0378. The average molecular weight is 328 g/mol. The summed E-state index contributed by atoms with van der Waals surface area (Å²) in [5.41, 5.74) is 0.864.